The van der Waals surface area contributed by atoms with Gasteiger partial charge in [0.15, 0.2) is 14.6 Å². The number of carbonyl (C=O) groups is 1. The van der Waals surface area contributed by atoms with E-state index in [1.54, 1.807) is 0 Å². The molecule has 4 bridgehead atoms. The molecule has 5 heteroatoms. The molecule has 4 nitrogen and oxygen atoms in total. The highest BCUT2D eigenvalue weighted by molar-refractivity contribution is 7.94. The zero-order chi connectivity index (χ0) is 12.0. The Kier molecular flexibility index (Phi) is 1.54. The Hall–Kier alpha value is -0.580. The molecule has 1 aliphatic heterocycles. The van der Waals surface area contributed by atoms with E-state index in [4.69, 9.17) is 0 Å². The molecule has 4 atom stereocenters. The minimum atomic E-state index is -3.50. The Morgan fingerprint density at radius 1 is 1.38 bits per heavy atom. The van der Waals surface area contributed by atoms with Gasteiger partial charge >= 0.3 is 5.97 Å². The number of sulfone groups is 1. The Morgan fingerprint density at radius 3 is 2.44 bits per heavy atom. The lowest BCUT2D eigenvalue weighted by Gasteiger charge is -2.37. The average molecular weight is 244 g/mol. The zero-order valence-electron chi connectivity index (χ0n) is 9.49. The zero-order valence-corrected chi connectivity index (χ0v) is 10.3. The van der Waals surface area contributed by atoms with Crippen LogP contribution in [0.5, 0.6) is 0 Å². The number of hydrogen-bond donors (Lipinski definition) is 1. The summed E-state index contributed by atoms with van der Waals surface area (Å²) < 4.78 is 22.9. The molecule has 0 aromatic rings. The number of hydrogen-bond acceptors (Lipinski definition) is 3. The summed E-state index contributed by atoms with van der Waals surface area (Å²) in [6, 6.07) is 0. The molecule has 0 aromatic heterocycles. The van der Waals surface area contributed by atoms with Gasteiger partial charge in [0.25, 0.3) is 0 Å². The van der Waals surface area contributed by atoms with Gasteiger partial charge in [-0.05, 0) is 30.6 Å². The van der Waals surface area contributed by atoms with Gasteiger partial charge < -0.3 is 5.11 Å². The number of rotatable bonds is 1. The van der Waals surface area contributed by atoms with E-state index in [0.29, 0.717) is 6.42 Å². The van der Waals surface area contributed by atoms with Crippen LogP contribution in [-0.2, 0) is 14.6 Å². The first kappa shape index (κ1) is 10.6. The van der Waals surface area contributed by atoms with Gasteiger partial charge in [0.05, 0.1) is 5.75 Å². The molecule has 0 amide bonds. The first-order valence-corrected chi connectivity index (χ1v) is 7.32. The summed E-state index contributed by atoms with van der Waals surface area (Å²) in [4.78, 5) is 11.6. The topological polar surface area (TPSA) is 71.4 Å². The van der Waals surface area contributed by atoms with Crippen LogP contribution in [0.15, 0.2) is 0 Å². The minimum absolute atomic E-state index is 0.0630. The second-order valence-corrected chi connectivity index (χ2v) is 8.30. The highest BCUT2D eigenvalue weighted by atomic mass is 32.2. The Morgan fingerprint density at radius 2 is 2.00 bits per heavy atom. The van der Waals surface area contributed by atoms with Gasteiger partial charge in [0.2, 0.25) is 0 Å². The molecule has 3 rings (SSSR count). The summed E-state index contributed by atoms with van der Waals surface area (Å²) in [6.07, 6.45) is 2.05. The smallest absolute Gasteiger partial charge is 0.325 e. The summed E-state index contributed by atoms with van der Waals surface area (Å²) in [6.45, 7) is 3.85. The first-order chi connectivity index (χ1) is 7.21. The second-order valence-electron chi connectivity index (χ2n) is 6.08. The highest BCUT2D eigenvalue weighted by Crippen LogP contribution is 2.76. The molecular formula is C11H16O4S. The molecule has 1 N–H and O–H groups in total. The molecule has 3 fully saturated rings. The van der Waals surface area contributed by atoms with E-state index in [1.165, 1.54) is 0 Å². The first-order valence-electron chi connectivity index (χ1n) is 5.67. The highest BCUT2D eigenvalue weighted by Gasteiger charge is 2.84. The molecule has 3 aliphatic rings. The van der Waals surface area contributed by atoms with Crippen LogP contribution in [0.3, 0.4) is 0 Å². The van der Waals surface area contributed by atoms with Crippen molar-refractivity contribution in [3.8, 4) is 0 Å². The maximum Gasteiger partial charge on any atom is 0.325 e. The van der Waals surface area contributed by atoms with Gasteiger partial charge in [-0.25, -0.2) is 8.42 Å². The fourth-order valence-corrected chi connectivity index (χ4v) is 8.13. The van der Waals surface area contributed by atoms with Gasteiger partial charge in [-0.1, -0.05) is 13.8 Å². The van der Waals surface area contributed by atoms with E-state index in [9.17, 15) is 18.3 Å². The van der Waals surface area contributed by atoms with Crippen LogP contribution in [-0.4, -0.2) is 30.0 Å². The lowest BCUT2D eigenvalue weighted by atomic mass is 9.66. The van der Waals surface area contributed by atoms with Gasteiger partial charge in [-0.15, -0.1) is 0 Å². The normalized spacial score (nSPS) is 56.8. The van der Waals surface area contributed by atoms with Crippen LogP contribution >= 0.6 is 0 Å². The van der Waals surface area contributed by atoms with Crippen LogP contribution in [0.25, 0.3) is 0 Å². The standard InChI is InChI=1S/C11H16O4S/c1-9-6-16(14,15)11(8(12)13)5-7(9)3-4-10(9,11)2/h7H,3-6H2,1-2H3,(H,12,13). The van der Waals surface area contributed by atoms with Crippen molar-refractivity contribution in [3.63, 3.8) is 0 Å². The largest absolute Gasteiger partial charge is 0.480 e. The van der Waals surface area contributed by atoms with E-state index in [0.717, 1.165) is 12.8 Å². The van der Waals surface area contributed by atoms with Gasteiger partial charge in [-0.3, -0.25) is 4.79 Å². The van der Waals surface area contributed by atoms with Crippen molar-refractivity contribution in [1.82, 2.24) is 0 Å². The maximum absolute atomic E-state index is 12.2. The average Bonchev–Trinajstić information content (AvgIpc) is 2.52. The molecule has 0 radical (unpaired) electrons. The maximum atomic E-state index is 12.2. The van der Waals surface area contributed by atoms with Gasteiger partial charge in [-0.2, -0.15) is 0 Å². The molecule has 1 heterocycles. The number of carboxylic acids is 1. The van der Waals surface area contributed by atoms with E-state index in [2.05, 4.69) is 0 Å². The van der Waals surface area contributed by atoms with Gasteiger partial charge in [0, 0.05) is 5.41 Å². The van der Waals surface area contributed by atoms with Gasteiger partial charge in [0.1, 0.15) is 0 Å². The number of aliphatic carboxylic acids is 1. The predicted octanol–water partition coefficient (Wildman–Crippen LogP) is 1.06. The fourth-order valence-electron chi connectivity index (χ4n) is 4.80. The minimum Gasteiger partial charge on any atom is -0.480 e. The van der Waals surface area contributed by atoms with E-state index < -0.39 is 26.0 Å². The van der Waals surface area contributed by atoms with Crippen molar-refractivity contribution < 1.29 is 18.3 Å². The van der Waals surface area contributed by atoms with Crippen LogP contribution in [0, 0.1) is 16.7 Å². The van der Waals surface area contributed by atoms with Crippen LogP contribution in [0.2, 0.25) is 0 Å². The van der Waals surface area contributed by atoms with E-state index >= 15 is 0 Å². The molecule has 2 aliphatic carbocycles. The third-order valence-electron chi connectivity index (χ3n) is 5.95. The van der Waals surface area contributed by atoms with Crippen molar-refractivity contribution in [3.05, 3.63) is 0 Å². The molecule has 4 unspecified atom stereocenters. The van der Waals surface area contributed by atoms with Crippen molar-refractivity contribution in [1.29, 1.82) is 0 Å². The lowest BCUT2D eigenvalue weighted by Crippen LogP contribution is -2.53. The van der Waals surface area contributed by atoms with Crippen molar-refractivity contribution in [2.75, 3.05) is 5.75 Å². The van der Waals surface area contributed by atoms with E-state index in [1.807, 2.05) is 13.8 Å². The Balaban J connectivity index is 2.35. The lowest BCUT2D eigenvalue weighted by molar-refractivity contribution is -0.143. The second kappa shape index (κ2) is 2.33. The molecule has 0 aromatic carbocycles. The fraction of sp³-hybridized carbons (Fsp3) is 0.909. The molecule has 0 spiro atoms. The summed E-state index contributed by atoms with van der Waals surface area (Å²) >= 11 is 0. The van der Waals surface area contributed by atoms with Crippen LogP contribution in [0.1, 0.15) is 33.1 Å². The summed E-state index contributed by atoms with van der Waals surface area (Å²) in [5, 5.41) is 9.45. The molecular weight excluding hydrogens is 228 g/mol. The van der Waals surface area contributed by atoms with Crippen molar-refractivity contribution >= 4 is 15.8 Å². The predicted molar refractivity (Wildman–Crippen MR) is 57.7 cm³/mol. The molecule has 90 valence electrons. The number of carboxylic acid groups (broad SMARTS) is 1. The third-order valence-corrected chi connectivity index (χ3v) is 8.78. The Bertz CT molecular complexity index is 496. The monoisotopic (exact) mass is 244 g/mol. The molecule has 2 saturated carbocycles. The molecule has 16 heavy (non-hydrogen) atoms. The Labute approximate surface area is 95.0 Å². The summed E-state index contributed by atoms with van der Waals surface area (Å²) in [7, 11) is -3.50. The van der Waals surface area contributed by atoms with Crippen molar-refractivity contribution in [2.45, 2.75) is 37.9 Å². The van der Waals surface area contributed by atoms with Crippen LogP contribution < -0.4 is 0 Å². The van der Waals surface area contributed by atoms with Crippen LogP contribution in [0.4, 0.5) is 0 Å². The third kappa shape index (κ3) is 0.674. The molecule has 1 saturated heterocycles. The van der Waals surface area contributed by atoms with E-state index in [-0.39, 0.29) is 17.1 Å². The SMILES string of the molecule is CC12CS(=O)(=O)C3(C(=O)O)CC1CCC23C. The summed E-state index contributed by atoms with van der Waals surface area (Å²) in [5.41, 5.74) is -0.875. The summed E-state index contributed by atoms with van der Waals surface area (Å²) in [5.74, 6) is -0.786. The van der Waals surface area contributed by atoms with Crippen molar-refractivity contribution in [2.24, 2.45) is 16.7 Å². The quantitative estimate of drug-likeness (QED) is 0.748.